The molecule has 0 aliphatic carbocycles. The molecule has 0 bridgehead atoms. The van der Waals surface area contributed by atoms with Crippen molar-refractivity contribution in [2.45, 2.75) is 31.1 Å². The van der Waals surface area contributed by atoms with Crippen LogP contribution >= 0.6 is 0 Å². The monoisotopic (exact) mass is 406 g/mol. The largest absolute Gasteiger partial charge is 0.386 e. The standard InChI is InChI=1S/C18H19FN4O4S/c1-11-6-7-21-15(8-11)18(3)16(20)22-17(2,10-28(18,26)27)13-9-12(23(24)25)4-5-14(13)19/h4-9H,10H2,1-3H3,(H2,20,22)/t17-,18+/m0/s1. The molecule has 1 aliphatic rings. The van der Waals surface area contributed by atoms with Gasteiger partial charge in [0.1, 0.15) is 17.2 Å². The van der Waals surface area contributed by atoms with Crippen LogP contribution in [0, 0.1) is 22.9 Å². The lowest BCUT2D eigenvalue weighted by molar-refractivity contribution is -0.385. The van der Waals surface area contributed by atoms with Gasteiger partial charge in [-0.25, -0.2) is 12.8 Å². The molecule has 0 unspecified atom stereocenters. The second-order valence-electron chi connectivity index (χ2n) is 7.20. The summed E-state index contributed by atoms with van der Waals surface area (Å²) >= 11 is 0. The minimum absolute atomic E-state index is 0.201. The van der Waals surface area contributed by atoms with Crippen LogP contribution in [0.5, 0.6) is 0 Å². The Morgan fingerprint density at radius 3 is 2.50 bits per heavy atom. The number of nitrogens with two attached hydrogens (primary N) is 1. The summed E-state index contributed by atoms with van der Waals surface area (Å²) < 4.78 is 39.4. The molecule has 2 heterocycles. The molecule has 0 spiro atoms. The van der Waals surface area contributed by atoms with Crippen molar-refractivity contribution in [3.8, 4) is 0 Å². The molecule has 2 aromatic rings. The molecule has 0 saturated heterocycles. The van der Waals surface area contributed by atoms with Crippen LogP contribution in [0.4, 0.5) is 10.1 Å². The van der Waals surface area contributed by atoms with E-state index in [0.717, 1.165) is 23.8 Å². The molecule has 1 aliphatic heterocycles. The number of hydrogen-bond acceptors (Lipinski definition) is 7. The van der Waals surface area contributed by atoms with E-state index in [2.05, 4.69) is 9.98 Å². The number of amidine groups is 1. The van der Waals surface area contributed by atoms with Crippen LogP contribution in [0.25, 0.3) is 0 Å². The summed E-state index contributed by atoms with van der Waals surface area (Å²) in [7, 11) is -4.00. The Kier molecular flexibility index (Phi) is 4.49. The molecule has 3 rings (SSSR count). The van der Waals surface area contributed by atoms with Gasteiger partial charge in [0.2, 0.25) is 0 Å². The van der Waals surface area contributed by atoms with Crippen molar-refractivity contribution >= 4 is 21.4 Å². The molecule has 0 radical (unpaired) electrons. The van der Waals surface area contributed by atoms with E-state index in [-0.39, 0.29) is 22.8 Å². The fraction of sp³-hybridized carbons (Fsp3) is 0.333. The molecule has 2 atom stereocenters. The Morgan fingerprint density at radius 1 is 1.25 bits per heavy atom. The van der Waals surface area contributed by atoms with Gasteiger partial charge in [0.15, 0.2) is 14.6 Å². The number of sulfone groups is 1. The first-order valence-corrected chi connectivity index (χ1v) is 10.0. The van der Waals surface area contributed by atoms with Crippen molar-refractivity contribution in [1.29, 1.82) is 0 Å². The molecule has 1 aromatic carbocycles. The smallest absolute Gasteiger partial charge is 0.270 e. The van der Waals surface area contributed by atoms with Crippen molar-refractivity contribution in [2.75, 3.05) is 5.75 Å². The third kappa shape index (κ3) is 2.93. The van der Waals surface area contributed by atoms with Crippen LogP contribution in [0.3, 0.4) is 0 Å². The zero-order chi connectivity index (χ0) is 20.9. The van der Waals surface area contributed by atoms with Gasteiger partial charge in [-0.05, 0) is 44.5 Å². The first-order valence-electron chi connectivity index (χ1n) is 8.36. The van der Waals surface area contributed by atoms with Crippen molar-refractivity contribution in [1.82, 2.24) is 4.98 Å². The highest BCUT2D eigenvalue weighted by Crippen LogP contribution is 2.42. The summed E-state index contributed by atoms with van der Waals surface area (Å²) in [6.45, 7) is 4.59. The normalized spacial score (nSPS) is 26.5. The zero-order valence-corrected chi connectivity index (χ0v) is 16.3. The lowest BCUT2D eigenvalue weighted by Crippen LogP contribution is -2.55. The van der Waals surface area contributed by atoms with Gasteiger partial charge in [-0.3, -0.25) is 20.1 Å². The van der Waals surface area contributed by atoms with Crippen LogP contribution in [0.15, 0.2) is 41.5 Å². The lowest BCUT2D eigenvalue weighted by Gasteiger charge is -2.39. The number of benzene rings is 1. The number of aliphatic imine (C=N–C) groups is 1. The summed E-state index contributed by atoms with van der Waals surface area (Å²) in [6, 6.07) is 6.25. The number of nitrogens with zero attached hydrogens (tertiary/aromatic N) is 3. The first kappa shape index (κ1) is 19.9. The Labute approximate surface area is 161 Å². The maximum Gasteiger partial charge on any atom is 0.270 e. The zero-order valence-electron chi connectivity index (χ0n) is 15.5. The number of halogens is 1. The predicted molar refractivity (Wildman–Crippen MR) is 102 cm³/mol. The van der Waals surface area contributed by atoms with E-state index < -0.39 is 36.6 Å². The average Bonchev–Trinajstić information content (AvgIpc) is 2.59. The summed E-state index contributed by atoms with van der Waals surface area (Å²) in [6.07, 6.45) is 1.48. The maximum atomic E-state index is 14.5. The van der Waals surface area contributed by atoms with Gasteiger partial charge < -0.3 is 5.73 Å². The van der Waals surface area contributed by atoms with Gasteiger partial charge in [0, 0.05) is 23.9 Å². The van der Waals surface area contributed by atoms with Crippen molar-refractivity contribution in [3.05, 3.63) is 69.3 Å². The van der Waals surface area contributed by atoms with Crippen LogP contribution < -0.4 is 5.73 Å². The van der Waals surface area contributed by atoms with Gasteiger partial charge in [-0.1, -0.05) is 0 Å². The number of aromatic nitrogens is 1. The van der Waals surface area contributed by atoms with E-state index >= 15 is 0 Å². The number of nitro benzene ring substituents is 1. The highest BCUT2D eigenvalue weighted by molar-refractivity contribution is 7.93. The Balaban J connectivity index is 2.23. The van der Waals surface area contributed by atoms with Crippen LogP contribution in [-0.2, 0) is 20.1 Å². The first-order chi connectivity index (χ1) is 12.9. The Hall–Kier alpha value is -2.88. The Morgan fingerprint density at radius 2 is 1.93 bits per heavy atom. The third-order valence-electron chi connectivity index (χ3n) is 5.09. The van der Waals surface area contributed by atoms with E-state index in [9.17, 15) is 22.9 Å². The van der Waals surface area contributed by atoms with Gasteiger partial charge in [0.25, 0.3) is 5.69 Å². The molecule has 8 nitrogen and oxygen atoms in total. The third-order valence-corrected chi connectivity index (χ3v) is 7.70. The van der Waals surface area contributed by atoms with E-state index in [1.807, 2.05) is 0 Å². The molecular weight excluding hydrogens is 387 g/mol. The summed E-state index contributed by atoms with van der Waals surface area (Å²) in [5, 5.41) is 11.1. The highest BCUT2D eigenvalue weighted by atomic mass is 32.2. The summed E-state index contributed by atoms with van der Waals surface area (Å²) in [5.74, 6) is -1.62. The molecular formula is C18H19FN4O4S. The van der Waals surface area contributed by atoms with E-state index in [1.54, 1.807) is 19.1 Å². The van der Waals surface area contributed by atoms with E-state index in [0.29, 0.717) is 0 Å². The van der Waals surface area contributed by atoms with Gasteiger partial charge in [0.05, 0.1) is 16.4 Å². The number of rotatable bonds is 3. The van der Waals surface area contributed by atoms with Gasteiger partial charge in [-0.2, -0.15) is 0 Å². The minimum atomic E-state index is -4.00. The van der Waals surface area contributed by atoms with Crippen molar-refractivity contribution < 1.29 is 17.7 Å². The van der Waals surface area contributed by atoms with Crippen LogP contribution in [0.2, 0.25) is 0 Å². The predicted octanol–water partition coefficient (Wildman–Crippen LogP) is 2.35. The highest BCUT2D eigenvalue weighted by Gasteiger charge is 2.54. The van der Waals surface area contributed by atoms with Crippen molar-refractivity contribution in [3.63, 3.8) is 0 Å². The van der Waals surface area contributed by atoms with Crippen molar-refractivity contribution in [2.24, 2.45) is 10.7 Å². The summed E-state index contributed by atoms with van der Waals surface area (Å²) in [5.41, 5.74) is 4.95. The number of nitro groups is 1. The van der Waals surface area contributed by atoms with E-state index in [4.69, 9.17) is 5.73 Å². The summed E-state index contributed by atoms with van der Waals surface area (Å²) in [4.78, 5) is 18.8. The topological polar surface area (TPSA) is 129 Å². The van der Waals surface area contributed by atoms with Gasteiger partial charge in [-0.15, -0.1) is 0 Å². The molecule has 28 heavy (non-hydrogen) atoms. The molecule has 2 N–H and O–H groups in total. The maximum absolute atomic E-state index is 14.5. The second kappa shape index (κ2) is 6.33. The Bertz CT molecular complexity index is 1120. The molecule has 0 fully saturated rings. The SMILES string of the molecule is Cc1ccnc([C@]2(C)C(N)=N[C@](C)(c3cc([N+](=O)[O-])ccc3F)CS2(=O)=O)c1. The second-order valence-corrected chi connectivity index (χ2v) is 9.54. The minimum Gasteiger partial charge on any atom is -0.386 e. The fourth-order valence-corrected chi connectivity index (χ4v) is 5.39. The number of aryl methyl sites for hydroxylation is 1. The molecule has 0 amide bonds. The van der Waals surface area contributed by atoms with E-state index in [1.165, 1.54) is 20.0 Å². The molecule has 10 heteroatoms. The fourth-order valence-electron chi connectivity index (χ4n) is 3.34. The number of pyridine rings is 1. The van der Waals surface area contributed by atoms with Crippen LogP contribution in [-0.4, -0.2) is 29.9 Å². The molecule has 148 valence electrons. The number of non-ortho nitro benzene ring substituents is 1. The van der Waals surface area contributed by atoms with Gasteiger partial charge >= 0.3 is 0 Å². The quantitative estimate of drug-likeness (QED) is 0.615. The molecule has 1 aromatic heterocycles. The lowest BCUT2D eigenvalue weighted by atomic mass is 9.92. The number of hydrogen-bond donors (Lipinski definition) is 1. The van der Waals surface area contributed by atoms with Crippen LogP contribution in [0.1, 0.15) is 30.7 Å². The average molecular weight is 406 g/mol. The molecule has 0 saturated carbocycles.